The van der Waals surface area contributed by atoms with E-state index in [2.05, 4.69) is 10.3 Å². The van der Waals surface area contributed by atoms with Crippen LogP contribution in [0.1, 0.15) is 39.3 Å². The lowest BCUT2D eigenvalue weighted by molar-refractivity contribution is -0.0220. The molecule has 8 heteroatoms. The summed E-state index contributed by atoms with van der Waals surface area (Å²) in [5.41, 5.74) is 2.21. The highest BCUT2D eigenvalue weighted by atomic mass is 19.3. The Morgan fingerprint density at radius 1 is 1.31 bits per heavy atom. The van der Waals surface area contributed by atoms with Gasteiger partial charge in [-0.2, -0.15) is 0 Å². The number of halogens is 2. The Labute approximate surface area is 151 Å². The Kier molecular flexibility index (Phi) is 4.54. The highest BCUT2D eigenvalue weighted by molar-refractivity contribution is 5.87. The van der Waals surface area contributed by atoms with Crippen molar-refractivity contribution in [3.63, 3.8) is 0 Å². The number of carbonyl (C=O) groups is 1. The Morgan fingerprint density at radius 3 is 2.58 bits per heavy atom. The zero-order valence-corrected chi connectivity index (χ0v) is 15.5. The van der Waals surface area contributed by atoms with Gasteiger partial charge in [0.1, 0.15) is 5.60 Å². The number of nitrogens with one attached hydrogen (secondary N) is 1. The molecule has 142 valence electrons. The average molecular weight is 366 g/mol. The van der Waals surface area contributed by atoms with E-state index in [9.17, 15) is 13.6 Å². The summed E-state index contributed by atoms with van der Waals surface area (Å²) in [7, 11) is 0. The minimum atomic E-state index is -2.62. The number of imidazole rings is 1. The first-order valence-corrected chi connectivity index (χ1v) is 8.65. The summed E-state index contributed by atoms with van der Waals surface area (Å²) in [6.45, 7) is 7.74. The number of aryl methyl sites for hydroxylation is 1. The third-order valence-electron chi connectivity index (χ3n) is 4.25. The lowest BCUT2D eigenvalue weighted by Gasteiger charge is -2.33. The molecule has 1 N–H and O–H groups in total. The molecule has 1 amide bonds. The molecule has 3 rings (SSSR count). The highest BCUT2D eigenvalue weighted by Crippen LogP contribution is 2.33. The predicted molar refractivity (Wildman–Crippen MR) is 96.2 cm³/mol. The zero-order valence-electron chi connectivity index (χ0n) is 15.5. The Balaban J connectivity index is 1.91. The average Bonchev–Trinajstić information content (AvgIpc) is 2.86. The summed E-state index contributed by atoms with van der Waals surface area (Å²) >= 11 is 0. The molecule has 2 aromatic rings. The molecule has 0 radical (unpaired) electrons. The van der Waals surface area contributed by atoms with E-state index in [4.69, 9.17) is 4.74 Å². The molecule has 0 aromatic carbocycles. The minimum Gasteiger partial charge on any atom is -0.444 e. The quantitative estimate of drug-likeness (QED) is 0.864. The molecule has 1 aliphatic rings. The number of amides is 1. The van der Waals surface area contributed by atoms with Gasteiger partial charge in [0, 0.05) is 44.0 Å². The molecule has 0 unspecified atom stereocenters. The van der Waals surface area contributed by atoms with Gasteiger partial charge in [0.05, 0.1) is 11.4 Å². The standard InChI is InChI=1S/C18H24F2N4O2/c1-12-10-21-15-14(23-7-5-18(19,20)6-8-23)9-13(11-24(12)15)22-16(25)26-17(2,3)4/h9-11H,5-8H2,1-4H3,(H,22,25). The van der Waals surface area contributed by atoms with E-state index >= 15 is 0 Å². The summed E-state index contributed by atoms with van der Waals surface area (Å²) in [5, 5.41) is 2.72. The number of hydrogen-bond donors (Lipinski definition) is 1. The van der Waals surface area contributed by atoms with Gasteiger partial charge in [-0.3, -0.25) is 5.32 Å². The second kappa shape index (κ2) is 6.41. The van der Waals surface area contributed by atoms with Crippen molar-refractivity contribution in [2.24, 2.45) is 0 Å². The summed E-state index contributed by atoms with van der Waals surface area (Å²) in [6, 6.07) is 1.76. The van der Waals surface area contributed by atoms with E-state index in [0.717, 1.165) is 11.4 Å². The van der Waals surface area contributed by atoms with Crippen LogP contribution in [0.2, 0.25) is 0 Å². The van der Waals surface area contributed by atoms with Crippen molar-refractivity contribution in [2.45, 2.75) is 52.1 Å². The molecular formula is C18H24F2N4O2. The normalized spacial score (nSPS) is 17.4. The molecule has 1 aliphatic heterocycles. The number of nitrogens with zero attached hydrogens (tertiary/aromatic N) is 3. The fraction of sp³-hybridized carbons (Fsp3) is 0.556. The van der Waals surface area contributed by atoms with Gasteiger partial charge in [-0.25, -0.2) is 18.6 Å². The van der Waals surface area contributed by atoms with Crippen LogP contribution in [0.4, 0.5) is 25.0 Å². The van der Waals surface area contributed by atoms with Gasteiger partial charge in [0.15, 0.2) is 5.65 Å². The van der Waals surface area contributed by atoms with E-state index in [1.54, 1.807) is 39.2 Å². The largest absolute Gasteiger partial charge is 0.444 e. The van der Waals surface area contributed by atoms with Crippen molar-refractivity contribution < 1.29 is 18.3 Å². The van der Waals surface area contributed by atoms with Crippen LogP contribution in [0.25, 0.3) is 5.65 Å². The number of aromatic nitrogens is 2. The third-order valence-corrected chi connectivity index (χ3v) is 4.25. The fourth-order valence-corrected chi connectivity index (χ4v) is 2.98. The Morgan fingerprint density at radius 2 is 1.96 bits per heavy atom. The number of pyridine rings is 1. The number of alkyl halides is 2. The molecule has 0 bridgehead atoms. The van der Waals surface area contributed by atoms with Crippen molar-refractivity contribution in [1.82, 2.24) is 9.38 Å². The lowest BCUT2D eigenvalue weighted by atomic mass is 10.1. The number of fused-ring (bicyclic) bond motifs is 1. The molecule has 1 fully saturated rings. The second-order valence-corrected chi connectivity index (χ2v) is 7.68. The fourth-order valence-electron chi connectivity index (χ4n) is 2.98. The van der Waals surface area contributed by atoms with Crippen LogP contribution in [0.5, 0.6) is 0 Å². The smallest absolute Gasteiger partial charge is 0.412 e. The minimum absolute atomic E-state index is 0.192. The number of piperidine rings is 1. The van der Waals surface area contributed by atoms with Gasteiger partial charge in [-0.05, 0) is 33.8 Å². The number of ether oxygens (including phenoxy) is 1. The molecule has 0 aliphatic carbocycles. The predicted octanol–water partition coefficient (Wildman–Crippen LogP) is 4.23. The SMILES string of the molecule is Cc1cnc2c(N3CCC(F)(F)CC3)cc(NC(=O)OC(C)(C)C)cn12. The number of hydrogen-bond acceptors (Lipinski definition) is 4. The maximum Gasteiger partial charge on any atom is 0.412 e. The van der Waals surface area contributed by atoms with Crippen LogP contribution in [0.15, 0.2) is 18.5 Å². The van der Waals surface area contributed by atoms with Crippen molar-refractivity contribution in [3.05, 3.63) is 24.2 Å². The van der Waals surface area contributed by atoms with Crippen LogP contribution >= 0.6 is 0 Å². The maximum absolute atomic E-state index is 13.5. The van der Waals surface area contributed by atoms with Crippen molar-refractivity contribution >= 4 is 23.1 Å². The monoisotopic (exact) mass is 366 g/mol. The maximum atomic E-state index is 13.5. The van der Waals surface area contributed by atoms with Gasteiger partial charge < -0.3 is 14.0 Å². The third kappa shape index (κ3) is 4.05. The van der Waals surface area contributed by atoms with E-state index in [0.29, 0.717) is 11.3 Å². The number of rotatable bonds is 2. The molecule has 0 spiro atoms. The van der Waals surface area contributed by atoms with Gasteiger partial charge >= 0.3 is 6.09 Å². The topological polar surface area (TPSA) is 58.9 Å². The van der Waals surface area contributed by atoms with Crippen molar-refractivity contribution in [1.29, 1.82) is 0 Å². The van der Waals surface area contributed by atoms with Gasteiger partial charge in [0.2, 0.25) is 0 Å². The Hall–Kier alpha value is -2.38. The summed E-state index contributed by atoms with van der Waals surface area (Å²) in [6.07, 6.45) is 2.52. The Bertz CT molecular complexity index is 816. The molecule has 26 heavy (non-hydrogen) atoms. The highest BCUT2D eigenvalue weighted by Gasteiger charge is 2.34. The van der Waals surface area contributed by atoms with E-state index in [1.165, 1.54) is 0 Å². The molecule has 0 atom stereocenters. The van der Waals surface area contributed by atoms with Gasteiger partial charge in [0.25, 0.3) is 5.92 Å². The van der Waals surface area contributed by atoms with Crippen LogP contribution < -0.4 is 10.2 Å². The molecular weight excluding hydrogens is 342 g/mol. The molecule has 2 aromatic heterocycles. The van der Waals surface area contributed by atoms with Crippen LogP contribution in [0, 0.1) is 6.92 Å². The molecule has 6 nitrogen and oxygen atoms in total. The summed E-state index contributed by atoms with van der Waals surface area (Å²) < 4.78 is 34.1. The summed E-state index contributed by atoms with van der Waals surface area (Å²) in [5.74, 6) is -2.62. The molecule has 0 saturated carbocycles. The molecule has 1 saturated heterocycles. The van der Waals surface area contributed by atoms with E-state index in [1.807, 2.05) is 16.2 Å². The van der Waals surface area contributed by atoms with Gasteiger partial charge in [-0.15, -0.1) is 0 Å². The molecule has 3 heterocycles. The van der Waals surface area contributed by atoms with E-state index in [-0.39, 0.29) is 25.9 Å². The first-order valence-electron chi connectivity index (χ1n) is 8.65. The lowest BCUT2D eigenvalue weighted by Crippen LogP contribution is -2.39. The number of anilines is 2. The van der Waals surface area contributed by atoms with Crippen molar-refractivity contribution in [3.8, 4) is 0 Å². The first kappa shape index (κ1) is 18.4. The van der Waals surface area contributed by atoms with Crippen molar-refractivity contribution in [2.75, 3.05) is 23.3 Å². The van der Waals surface area contributed by atoms with E-state index < -0.39 is 17.6 Å². The second-order valence-electron chi connectivity index (χ2n) is 7.68. The first-order chi connectivity index (χ1) is 12.0. The van der Waals surface area contributed by atoms with Crippen LogP contribution in [-0.2, 0) is 4.74 Å². The zero-order chi connectivity index (χ0) is 19.1. The number of carbonyl (C=O) groups excluding carboxylic acids is 1. The summed E-state index contributed by atoms with van der Waals surface area (Å²) in [4.78, 5) is 18.4. The van der Waals surface area contributed by atoms with Crippen LogP contribution in [-0.4, -0.2) is 40.1 Å². The van der Waals surface area contributed by atoms with Gasteiger partial charge in [-0.1, -0.05) is 0 Å². The van der Waals surface area contributed by atoms with Crippen LogP contribution in [0.3, 0.4) is 0 Å².